The van der Waals surface area contributed by atoms with Crippen LogP contribution in [-0.2, 0) is 11.2 Å². The zero-order chi connectivity index (χ0) is 17.4. The van der Waals surface area contributed by atoms with Gasteiger partial charge in [-0.3, -0.25) is 15.0 Å². The Balaban J connectivity index is 1.96. The van der Waals surface area contributed by atoms with E-state index >= 15 is 0 Å². The summed E-state index contributed by atoms with van der Waals surface area (Å²) in [6.45, 7) is 8.57. The minimum absolute atomic E-state index is 0.131. The largest absolute Gasteiger partial charge is 0.334 e. The number of benzene rings is 1. The molecule has 6 nitrogen and oxygen atoms in total. The Hall–Kier alpha value is -2.18. The first-order valence-corrected chi connectivity index (χ1v) is 8.36. The topological polar surface area (TPSA) is 73.5 Å². The SMILES string of the molecule is C=CCNC(=O)NC(=O)CN1CCNCC1c1ccc(CC)cc1. The summed E-state index contributed by atoms with van der Waals surface area (Å²) in [7, 11) is 0. The van der Waals surface area contributed by atoms with Gasteiger partial charge in [0.1, 0.15) is 0 Å². The lowest BCUT2D eigenvalue weighted by Gasteiger charge is -2.36. The third kappa shape index (κ3) is 5.18. The standard InChI is InChI=1S/C18H26N4O2/c1-3-9-20-18(24)21-17(23)13-22-11-10-19-12-16(22)15-7-5-14(4-2)6-8-15/h3,5-8,16,19H,1,4,9-13H2,2H3,(H2,20,21,23,24). The molecule has 2 rings (SSSR count). The van der Waals surface area contributed by atoms with Crippen LogP contribution in [0.5, 0.6) is 0 Å². The number of carbonyl (C=O) groups excluding carboxylic acids is 2. The van der Waals surface area contributed by atoms with Crippen LogP contribution in [0.1, 0.15) is 24.1 Å². The molecule has 0 aromatic heterocycles. The van der Waals surface area contributed by atoms with Gasteiger partial charge in [0.05, 0.1) is 6.54 Å². The van der Waals surface area contributed by atoms with E-state index in [-0.39, 0.29) is 18.5 Å². The number of rotatable bonds is 6. The third-order valence-corrected chi connectivity index (χ3v) is 4.13. The fraction of sp³-hybridized carbons (Fsp3) is 0.444. The van der Waals surface area contributed by atoms with Crippen LogP contribution in [0.15, 0.2) is 36.9 Å². The molecule has 3 N–H and O–H groups in total. The smallest absolute Gasteiger partial charge is 0.321 e. The molecule has 1 aromatic rings. The van der Waals surface area contributed by atoms with Crippen molar-refractivity contribution >= 4 is 11.9 Å². The fourth-order valence-electron chi connectivity index (χ4n) is 2.80. The van der Waals surface area contributed by atoms with E-state index < -0.39 is 6.03 Å². The first-order chi connectivity index (χ1) is 11.6. The van der Waals surface area contributed by atoms with E-state index in [1.165, 1.54) is 11.1 Å². The van der Waals surface area contributed by atoms with E-state index in [9.17, 15) is 9.59 Å². The highest BCUT2D eigenvalue weighted by molar-refractivity contribution is 5.95. The summed E-state index contributed by atoms with van der Waals surface area (Å²) >= 11 is 0. The lowest BCUT2D eigenvalue weighted by Crippen LogP contribution is -2.51. The monoisotopic (exact) mass is 330 g/mol. The molecule has 3 amide bonds. The predicted octanol–water partition coefficient (Wildman–Crippen LogP) is 1.21. The summed E-state index contributed by atoms with van der Waals surface area (Å²) in [6, 6.07) is 8.15. The first-order valence-electron chi connectivity index (χ1n) is 8.36. The van der Waals surface area contributed by atoms with Crippen LogP contribution in [0.3, 0.4) is 0 Å². The summed E-state index contributed by atoms with van der Waals surface area (Å²) in [4.78, 5) is 25.8. The van der Waals surface area contributed by atoms with E-state index in [2.05, 4.69) is 58.6 Å². The first kappa shape index (κ1) is 18.2. The predicted molar refractivity (Wildman–Crippen MR) is 94.7 cm³/mol. The van der Waals surface area contributed by atoms with Crippen LogP contribution in [0, 0.1) is 0 Å². The van der Waals surface area contributed by atoms with Crippen LogP contribution >= 0.6 is 0 Å². The molecule has 0 spiro atoms. The van der Waals surface area contributed by atoms with Gasteiger partial charge < -0.3 is 10.6 Å². The maximum absolute atomic E-state index is 12.1. The minimum atomic E-state index is -0.487. The van der Waals surface area contributed by atoms with Crippen molar-refractivity contribution in [1.29, 1.82) is 0 Å². The molecule has 0 bridgehead atoms. The van der Waals surface area contributed by atoms with Crippen molar-refractivity contribution in [3.8, 4) is 0 Å². The number of imide groups is 1. The van der Waals surface area contributed by atoms with E-state index in [1.54, 1.807) is 6.08 Å². The molecule has 1 fully saturated rings. The second kappa shape index (κ2) is 9.20. The molecule has 0 aliphatic carbocycles. The van der Waals surface area contributed by atoms with Crippen molar-refractivity contribution in [2.24, 2.45) is 0 Å². The molecule has 1 aromatic carbocycles. The fourth-order valence-corrected chi connectivity index (χ4v) is 2.80. The van der Waals surface area contributed by atoms with Gasteiger partial charge in [-0.05, 0) is 17.5 Å². The summed E-state index contributed by atoms with van der Waals surface area (Å²) < 4.78 is 0. The number of piperazine rings is 1. The molecule has 1 heterocycles. The molecule has 1 aliphatic rings. The molecule has 24 heavy (non-hydrogen) atoms. The lowest BCUT2D eigenvalue weighted by molar-refractivity contribution is -0.122. The lowest BCUT2D eigenvalue weighted by atomic mass is 10.0. The Labute approximate surface area is 143 Å². The Bertz CT molecular complexity index is 571. The van der Waals surface area contributed by atoms with Gasteiger partial charge in [0.25, 0.3) is 0 Å². The highest BCUT2D eigenvalue weighted by Gasteiger charge is 2.25. The second-order valence-electron chi connectivity index (χ2n) is 5.83. The number of nitrogens with zero attached hydrogens (tertiary/aromatic N) is 1. The Morgan fingerprint density at radius 3 is 2.79 bits per heavy atom. The number of hydrogen-bond donors (Lipinski definition) is 3. The summed E-state index contributed by atoms with van der Waals surface area (Å²) in [5, 5.41) is 8.26. The molecule has 1 unspecified atom stereocenters. The van der Waals surface area contributed by atoms with Crippen LogP contribution in [-0.4, -0.2) is 49.6 Å². The van der Waals surface area contributed by atoms with Crippen molar-refractivity contribution < 1.29 is 9.59 Å². The zero-order valence-electron chi connectivity index (χ0n) is 14.2. The summed E-state index contributed by atoms with van der Waals surface area (Å²) in [5.74, 6) is -0.298. The van der Waals surface area contributed by atoms with E-state index in [4.69, 9.17) is 0 Å². The van der Waals surface area contributed by atoms with Gasteiger partial charge in [0.15, 0.2) is 0 Å². The zero-order valence-corrected chi connectivity index (χ0v) is 14.2. The van der Waals surface area contributed by atoms with Crippen LogP contribution in [0.2, 0.25) is 0 Å². The van der Waals surface area contributed by atoms with Gasteiger partial charge in [0.2, 0.25) is 5.91 Å². The van der Waals surface area contributed by atoms with Crippen molar-refractivity contribution in [2.75, 3.05) is 32.7 Å². The third-order valence-electron chi connectivity index (χ3n) is 4.13. The van der Waals surface area contributed by atoms with Crippen LogP contribution < -0.4 is 16.0 Å². The van der Waals surface area contributed by atoms with Crippen molar-refractivity contribution in [2.45, 2.75) is 19.4 Å². The summed E-state index contributed by atoms with van der Waals surface area (Å²) in [6.07, 6.45) is 2.57. The number of urea groups is 1. The van der Waals surface area contributed by atoms with Crippen molar-refractivity contribution in [3.05, 3.63) is 48.0 Å². The quantitative estimate of drug-likeness (QED) is 0.686. The van der Waals surface area contributed by atoms with Gasteiger partial charge in [-0.2, -0.15) is 0 Å². The molecular formula is C18H26N4O2. The highest BCUT2D eigenvalue weighted by Crippen LogP contribution is 2.22. The average molecular weight is 330 g/mol. The van der Waals surface area contributed by atoms with Gasteiger partial charge in [-0.15, -0.1) is 6.58 Å². The molecule has 1 saturated heterocycles. The molecule has 1 atom stereocenters. The molecule has 6 heteroatoms. The number of aryl methyl sites for hydroxylation is 1. The molecule has 130 valence electrons. The Morgan fingerprint density at radius 2 is 2.12 bits per heavy atom. The number of hydrogen-bond acceptors (Lipinski definition) is 4. The van der Waals surface area contributed by atoms with Crippen molar-refractivity contribution in [1.82, 2.24) is 20.9 Å². The normalized spacial score (nSPS) is 18.0. The van der Waals surface area contributed by atoms with E-state index in [0.717, 1.165) is 26.1 Å². The highest BCUT2D eigenvalue weighted by atomic mass is 16.2. The van der Waals surface area contributed by atoms with E-state index in [1.807, 2.05) is 0 Å². The maximum atomic E-state index is 12.1. The van der Waals surface area contributed by atoms with Crippen LogP contribution in [0.25, 0.3) is 0 Å². The molecular weight excluding hydrogens is 304 g/mol. The van der Waals surface area contributed by atoms with Crippen LogP contribution in [0.4, 0.5) is 4.79 Å². The Kier molecular flexibility index (Phi) is 6.96. The van der Waals surface area contributed by atoms with Crippen molar-refractivity contribution in [3.63, 3.8) is 0 Å². The number of amides is 3. The average Bonchev–Trinajstić information content (AvgIpc) is 2.60. The maximum Gasteiger partial charge on any atom is 0.321 e. The second-order valence-corrected chi connectivity index (χ2v) is 5.83. The number of nitrogens with one attached hydrogen (secondary N) is 3. The molecule has 0 saturated carbocycles. The molecule has 0 radical (unpaired) electrons. The van der Waals surface area contributed by atoms with Gasteiger partial charge >= 0.3 is 6.03 Å². The van der Waals surface area contributed by atoms with Gasteiger partial charge in [0, 0.05) is 32.2 Å². The minimum Gasteiger partial charge on any atom is -0.334 e. The van der Waals surface area contributed by atoms with Gasteiger partial charge in [-0.1, -0.05) is 37.3 Å². The molecule has 1 aliphatic heterocycles. The van der Waals surface area contributed by atoms with E-state index in [0.29, 0.717) is 6.54 Å². The number of carbonyl (C=O) groups is 2. The van der Waals surface area contributed by atoms with Gasteiger partial charge in [-0.25, -0.2) is 4.79 Å². The Morgan fingerprint density at radius 1 is 1.38 bits per heavy atom. The summed E-state index contributed by atoms with van der Waals surface area (Å²) in [5.41, 5.74) is 2.48.